The third kappa shape index (κ3) is 6.59. The van der Waals surface area contributed by atoms with Crippen molar-refractivity contribution in [2.45, 2.75) is 46.1 Å². The first-order chi connectivity index (χ1) is 16.9. The molecule has 0 spiro atoms. The van der Waals surface area contributed by atoms with Crippen LogP contribution < -0.4 is 16.4 Å². The first-order valence-electron chi connectivity index (χ1n) is 12.0. The number of hydrogen-bond donors (Lipinski definition) is 3. The van der Waals surface area contributed by atoms with Crippen molar-refractivity contribution in [3.05, 3.63) is 77.5 Å². The molecule has 1 aliphatic rings. The van der Waals surface area contributed by atoms with Crippen LogP contribution in [0.1, 0.15) is 48.2 Å². The Labute approximate surface area is 213 Å². The Morgan fingerprint density at radius 2 is 1.81 bits per heavy atom. The average Bonchev–Trinajstić information content (AvgIpc) is 3.34. The summed E-state index contributed by atoms with van der Waals surface area (Å²) in [7, 11) is 1.82. The summed E-state index contributed by atoms with van der Waals surface area (Å²) in [6, 6.07) is 17.4. The van der Waals surface area contributed by atoms with Crippen LogP contribution in [0.4, 0.5) is 17.5 Å². The zero-order valence-electron chi connectivity index (χ0n) is 20.2. The molecule has 190 valence electrons. The van der Waals surface area contributed by atoms with Gasteiger partial charge in [0.05, 0.1) is 5.92 Å². The van der Waals surface area contributed by atoms with Gasteiger partial charge in [-0.25, -0.2) is 4.98 Å². The van der Waals surface area contributed by atoms with E-state index in [-0.39, 0.29) is 31.2 Å². The van der Waals surface area contributed by atoms with Gasteiger partial charge in [-0.2, -0.15) is 4.98 Å². The number of hydrogen-bond acceptors (Lipinski definition) is 6. The number of carbonyl (C=O) groups excluding carboxylic acids is 2. The van der Waals surface area contributed by atoms with Crippen molar-refractivity contribution < 1.29 is 9.59 Å². The number of carbonyl (C=O) groups is 2. The molecule has 0 bridgehead atoms. The second kappa shape index (κ2) is 12.2. The quantitative estimate of drug-likeness (QED) is 0.407. The second-order valence-corrected chi connectivity index (χ2v) is 9.08. The van der Waals surface area contributed by atoms with E-state index in [4.69, 9.17) is 5.73 Å². The summed E-state index contributed by atoms with van der Waals surface area (Å²) >= 11 is 0. The predicted octanol–water partition coefficient (Wildman–Crippen LogP) is 4.55. The number of nitrogens with one attached hydrogen (secondary N) is 2. The Balaban J connectivity index is 0.00000361. The maximum absolute atomic E-state index is 12.8. The van der Waals surface area contributed by atoms with Crippen LogP contribution in [-0.2, 0) is 11.2 Å². The zero-order valence-corrected chi connectivity index (χ0v) is 20.2. The van der Waals surface area contributed by atoms with Crippen LogP contribution in [0, 0.1) is 12.8 Å². The maximum Gasteiger partial charge on any atom is 0.253 e. The van der Waals surface area contributed by atoms with Crippen molar-refractivity contribution in [1.82, 2.24) is 14.9 Å². The van der Waals surface area contributed by atoms with Gasteiger partial charge in [0, 0.05) is 42.6 Å². The molecule has 4 rings (SSSR count). The van der Waals surface area contributed by atoms with Crippen LogP contribution in [0.3, 0.4) is 0 Å². The largest absolute Gasteiger partial charge is 0.369 e. The lowest BCUT2D eigenvalue weighted by Crippen LogP contribution is -2.34. The lowest BCUT2D eigenvalue weighted by Gasteiger charge is -2.20. The number of anilines is 3. The summed E-state index contributed by atoms with van der Waals surface area (Å²) in [6.45, 7) is 2.57. The summed E-state index contributed by atoms with van der Waals surface area (Å²) in [5.41, 5.74) is 9.05. The van der Waals surface area contributed by atoms with E-state index in [0.717, 1.165) is 36.9 Å². The van der Waals surface area contributed by atoms with Crippen molar-refractivity contribution >= 4 is 29.3 Å². The van der Waals surface area contributed by atoms with Gasteiger partial charge in [-0.3, -0.25) is 9.59 Å². The SMILES string of the molecule is C.Cc1cnc(Nc2ccc(C(=O)N(C)CCc3ccccc3)cc2)nc1N[C@@H]1CCC[C@@H]1C(N)=O. The lowest BCUT2D eigenvalue weighted by molar-refractivity contribution is -0.121. The van der Waals surface area contributed by atoms with Crippen molar-refractivity contribution in [1.29, 1.82) is 0 Å². The van der Waals surface area contributed by atoms with E-state index in [9.17, 15) is 9.59 Å². The molecule has 8 heteroatoms. The number of aromatic nitrogens is 2. The minimum Gasteiger partial charge on any atom is -0.369 e. The van der Waals surface area contributed by atoms with Crippen LogP contribution in [0.5, 0.6) is 0 Å². The zero-order chi connectivity index (χ0) is 24.8. The second-order valence-electron chi connectivity index (χ2n) is 9.08. The van der Waals surface area contributed by atoms with Crippen molar-refractivity contribution in [2.24, 2.45) is 11.7 Å². The Morgan fingerprint density at radius 1 is 1.08 bits per heavy atom. The molecule has 2 amide bonds. The van der Waals surface area contributed by atoms with E-state index in [0.29, 0.717) is 23.9 Å². The Bertz CT molecular complexity index is 1170. The number of nitrogens with two attached hydrogens (primary N) is 1. The van der Waals surface area contributed by atoms with Crippen molar-refractivity contribution in [3.63, 3.8) is 0 Å². The summed E-state index contributed by atoms with van der Waals surface area (Å²) in [4.78, 5) is 35.2. The number of aryl methyl sites for hydroxylation is 1. The standard InChI is InChI=1S/C27H32N6O2.CH4/c1-18-17-29-27(32-25(18)31-23-10-6-9-22(23)24(28)34)30-21-13-11-20(12-14-21)26(35)33(2)16-15-19-7-4-3-5-8-19;/h3-5,7-8,11-14,17,22-23H,6,9-10,15-16H2,1-2H3,(H2,28,34)(H2,29,30,31,32);1H4/t22-,23+;/m0./s1. The molecule has 1 heterocycles. The summed E-state index contributed by atoms with van der Waals surface area (Å²) < 4.78 is 0. The van der Waals surface area contributed by atoms with E-state index in [1.54, 1.807) is 23.2 Å². The molecule has 1 aromatic heterocycles. The van der Waals surface area contributed by atoms with Crippen LogP contribution in [-0.4, -0.2) is 46.3 Å². The molecule has 4 N–H and O–H groups in total. The van der Waals surface area contributed by atoms with Gasteiger partial charge < -0.3 is 21.3 Å². The van der Waals surface area contributed by atoms with E-state index < -0.39 is 0 Å². The highest BCUT2D eigenvalue weighted by atomic mass is 16.2. The number of primary amides is 1. The summed E-state index contributed by atoms with van der Waals surface area (Å²) in [5, 5.41) is 6.58. The summed E-state index contributed by atoms with van der Waals surface area (Å²) in [5.74, 6) is 0.645. The topological polar surface area (TPSA) is 113 Å². The monoisotopic (exact) mass is 488 g/mol. The molecule has 0 unspecified atom stereocenters. The third-order valence-corrected chi connectivity index (χ3v) is 6.49. The van der Waals surface area contributed by atoms with Crippen LogP contribution >= 0.6 is 0 Å². The smallest absolute Gasteiger partial charge is 0.253 e. The number of amides is 2. The highest BCUT2D eigenvalue weighted by Gasteiger charge is 2.32. The fourth-order valence-corrected chi connectivity index (χ4v) is 4.39. The highest BCUT2D eigenvalue weighted by Crippen LogP contribution is 2.29. The molecule has 0 aliphatic heterocycles. The first-order valence-corrected chi connectivity index (χ1v) is 12.0. The van der Waals surface area contributed by atoms with E-state index in [2.05, 4.69) is 32.7 Å². The molecule has 2 atom stereocenters. The normalized spacial score (nSPS) is 16.6. The average molecular weight is 489 g/mol. The maximum atomic E-state index is 12.8. The molecule has 0 saturated heterocycles. The fraction of sp³-hybridized carbons (Fsp3) is 0.357. The third-order valence-electron chi connectivity index (χ3n) is 6.49. The Kier molecular flexibility index (Phi) is 9.00. The minimum atomic E-state index is -0.273. The molecule has 3 aromatic rings. The Morgan fingerprint density at radius 3 is 2.50 bits per heavy atom. The number of likely N-dealkylation sites (N-methyl/N-ethyl adjacent to an activating group) is 1. The fourth-order valence-electron chi connectivity index (χ4n) is 4.39. The number of benzene rings is 2. The van der Waals surface area contributed by atoms with Gasteiger partial charge in [0.25, 0.3) is 5.91 Å². The van der Waals surface area contributed by atoms with Gasteiger partial charge in [-0.05, 0) is 56.0 Å². The van der Waals surface area contributed by atoms with Gasteiger partial charge in [0.1, 0.15) is 5.82 Å². The van der Waals surface area contributed by atoms with Crippen LogP contribution in [0.15, 0.2) is 60.8 Å². The lowest BCUT2D eigenvalue weighted by atomic mass is 10.0. The molecule has 1 saturated carbocycles. The van der Waals surface area contributed by atoms with Crippen LogP contribution in [0.25, 0.3) is 0 Å². The highest BCUT2D eigenvalue weighted by molar-refractivity contribution is 5.94. The van der Waals surface area contributed by atoms with Gasteiger partial charge in [0.2, 0.25) is 11.9 Å². The van der Waals surface area contributed by atoms with Gasteiger partial charge in [-0.15, -0.1) is 0 Å². The number of nitrogens with zero attached hydrogens (tertiary/aromatic N) is 3. The minimum absolute atomic E-state index is 0. The van der Waals surface area contributed by atoms with Gasteiger partial charge in [-0.1, -0.05) is 44.2 Å². The number of rotatable bonds is 9. The summed E-state index contributed by atoms with van der Waals surface area (Å²) in [6.07, 6.45) is 5.20. The molecule has 2 aromatic carbocycles. The van der Waals surface area contributed by atoms with Gasteiger partial charge >= 0.3 is 0 Å². The van der Waals surface area contributed by atoms with Crippen molar-refractivity contribution in [2.75, 3.05) is 24.2 Å². The predicted molar refractivity (Wildman–Crippen MR) is 144 cm³/mol. The van der Waals surface area contributed by atoms with Crippen molar-refractivity contribution in [3.8, 4) is 0 Å². The first kappa shape index (κ1) is 26.7. The molecular formula is C28H36N6O2. The molecule has 36 heavy (non-hydrogen) atoms. The Hall–Kier alpha value is -3.94. The molecule has 8 nitrogen and oxygen atoms in total. The molecule has 1 aliphatic carbocycles. The molecule has 0 radical (unpaired) electrons. The molecule has 1 fully saturated rings. The van der Waals surface area contributed by atoms with Crippen LogP contribution in [0.2, 0.25) is 0 Å². The van der Waals surface area contributed by atoms with E-state index in [1.807, 2.05) is 44.3 Å². The van der Waals surface area contributed by atoms with E-state index in [1.165, 1.54) is 5.56 Å². The van der Waals surface area contributed by atoms with E-state index >= 15 is 0 Å². The van der Waals surface area contributed by atoms with Gasteiger partial charge in [0.15, 0.2) is 0 Å². The molecular weight excluding hydrogens is 452 g/mol.